The number of hydrogen-bond donors (Lipinski definition) is 0. The second-order valence-electron chi connectivity index (χ2n) is 4.48. The largest absolute Gasteiger partial charge is 0.465 e. The number of ether oxygens (including phenoxy) is 1. The molecule has 3 rings (SSSR count). The fourth-order valence-electron chi connectivity index (χ4n) is 2.06. The van der Waals surface area contributed by atoms with Crippen LogP contribution in [-0.4, -0.2) is 28.3 Å². The van der Waals surface area contributed by atoms with Crippen LogP contribution in [0.3, 0.4) is 0 Å². The molecule has 0 atom stereocenters. The fourth-order valence-corrected chi connectivity index (χ4v) is 4.82. The predicted octanol–water partition coefficient (Wildman–Crippen LogP) is 4.38. The first-order valence-corrected chi connectivity index (χ1v) is 9.51. The Kier molecular flexibility index (Phi) is 4.75. The molecule has 0 amide bonds. The van der Waals surface area contributed by atoms with E-state index in [2.05, 4.69) is 26.8 Å². The molecule has 0 aromatic carbocycles. The second kappa shape index (κ2) is 6.76. The molecule has 114 valence electrons. The number of esters is 1. The molecule has 7 heteroatoms. The van der Waals surface area contributed by atoms with Crippen molar-refractivity contribution in [2.45, 2.75) is 18.9 Å². The van der Waals surface area contributed by atoms with Crippen LogP contribution in [0.25, 0.3) is 20.7 Å². The highest BCUT2D eigenvalue weighted by Crippen LogP contribution is 2.39. The Bertz CT molecular complexity index is 797. The first-order valence-electron chi connectivity index (χ1n) is 6.77. The second-order valence-corrected chi connectivity index (χ2v) is 7.25. The van der Waals surface area contributed by atoms with Gasteiger partial charge in [-0.2, -0.15) is 0 Å². The van der Waals surface area contributed by atoms with Gasteiger partial charge >= 0.3 is 5.97 Å². The van der Waals surface area contributed by atoms with Gasteiger partial charge in [0.2, 0.25) is 0 Å². The number of thiophene rings is 2. The number of carbonyl (C=O) groups excluding carboxylic acids is 1. The molecule has 0 spiro atoms. The van der Waals surface area contributed by atoms with Crippen molar-refractivity contribution in [3.8, 4) is 10.4 Å². The van der Waals surface area contributed by atoms with Crippen LogP contribution in [0.15, 0.2) is 27.9 Å². The average Bonchev–Trinajstić information content (AvgIpc) is 3.13. The van der Waals surface area contributed by atoms with Gasteiger partial charge in [0, 0.05) is 15.8 Å². The van der Waals surface area contributed by atoms with Crippen molar-refractivity contribution < 1.29 is 9.53 Å². The van der Waals surface area contributed by atoms with E-state index >= 15 is 0 Å². The maximum absolute atomic E-state index is 11.6. The summed E-state index contributed by atoms with van der Waals surface area (Å²) in [6, 6.07) is 4.12. The maximum Gasteiger partial charge on any atom is 0.316 e. The minimum atomic E-state index is -0.218. The van der Waals surface area contributed by atoms with Gasteiger partial charge in [0.05, 0.1) is 17.7 Å². The lowest BCUT2D eigenvalue weighted by molar-refractivity contribution is -0.139. The normalized spacial score (nSPS) is 11.0. The quantitative estimate of drug-likeness (QED) is 0.388. The van der Waals surface area contributed by atoms with Crippen LogP contribution in [0.5, 0.6) is 0 Å². The van der Waals surface area contributed by atoms with Crippen LogP contribution in [0.2, 0.25) is 0 Å². The highest BCUT2D eigenvalue weighted by Gasteiger charge is 2.16. The van der Waals surface area contributed by atoms with Crippen molar-refractivity contribution in [3.05, 3.63) is 28.7 Å². The molecule has 0 saturated heterocycles. The molecular weight excluding hydrogens is 336 g/mol. The van der Waals surface area contributed by atoms with Crippen molar-refractivity contribution in [3.63, 3.8) is 0 Å². The van der Waals surface area contributed by atoms with Gasteiger partial charge in [0.1, 0.15) is 15.7 Å². The maximum atomic E-state index is 11.6. The Morgan fingerprint density at radius 2 is 2.23 bits per heavy atom. The number of thioether (sulfide) groups is 1. The monoisotopic (exact) mass is 350 g/mol. The minimum Gasteiger partial charge on any atom is -0.465 e. The lowest BCUT2D eigenvalue weighted by Gasteiger charge is -2.05. The highest BCUT2D eigenvalue weighted by molar-refractivity contribution is 8.00. The standard InChI is InChI=1S/C15H14N2O2S3/c1-3-19-12(18)8-22-15-13-10(11-5-4-6-20-11)7-21-14(13)16-9(2)17-15/h4-7H,3,8H2,1-2H3. The molecule has 4 nitrogen and oxygen atoms in total. The van der Waals surface area contributed by atoms with Crippen LogP contribution < -0.4 is 0 Å². The van der Waals surface area contributed by atoms with E-state index in [9.17, 15) is 4.79 Å². The third-order valence-corrected chi connectivity index (χ3v) is 5.66. The molecular formula is C15H14N2O2S3. The number of aromatic nitrogens is 2. The SMILES string of the molecule is CCOC(=O)CSc1nc(C)nc2scc(-c3cccs3)c12. The number of aryl methyl sites for hydroxylation is 1. The molecule has 0 fully saturated rings. The number of fused-ring (bicyclic) bond motifs is 1. The van der Waals surface area contributed by atoms with Crippen molar-refractivity contribution in [1.82, 2.24) is 9.97 Å². The van der Waals surface area contributed by atoms with Crippen LogP contribution in [0.1, 0.15) is 12.7 Å². The molecule has 3 aromatic heterocycles. The molecule has 3 heterocycles. The van der Waals surface area contributed by atoms with E-state index in [-0.39, 0.29) is 11.7 Å². The summed E-state index contributed by atoms with van der Waals surface area (Å²) in [5, 5.41) is 6.05. The van der Waals surface area contributed by atoms with E-state index in [0.29, 0.717) is 6.61 Å². The van der Waals surface area contributed by atoms with E-state index in [1.807, 2.05) is 19.9 Å². The Hall–Kier alpha value is -1.44. The minimum absolute atomic E-state index is 0.218. The molecule has 0 radical (unpaired) electrons. The summed E-state index contributed by atoms with van der Waals surface area (Å²) in [6.07, 6.45) is 0. The molecule has 0 aliphatic rings. The number of nitrogens with zero attached hydrogens (tertiary/aromatic N) is 2. The zero-order valence-electron chi connectivity index (χ0n) is 12.2. The van der Waals surface area contributed by atoms with Gasteiger partial charge in [-0.05, 0) is 25.3 Å². The molecule has 0 saturated carbocycles. The summed E-state index contributed by atoms with van der Waals surface area (Å²) < 4.78 is 4.99. The zero-order chi connectivity index (χ0) is 15.5. The molecule has 0 aliphatic heterocycles. The summed E-state index contributed by atoms with van der Waals surface area (Å²) in [7, 11) is 0. The Labute approximate surface area is 140 Å². The molecule has 0 unspecified atom stereocenters. The van der Waals surface area contributed by atoms with Crippen molar-refractivity contribution in [2.24, 2.45) is 0 Å². The van der Waals surface area contributed by atoms with Gasteiger partial charge in [0.15, 0.2) is 0 Å². The Morgan fingerprint density at radius 3 is 2.95 bits per heavy atom. The Morgan fingerprint density at radius 1 is 1.36 bits per heavy atom. The third-order valence-electron chi connectivity index (χ3n) is 2.93. The zero-order valence-corrected chi connectivity index (χ0v) is 14.6. The Balaban J connectivity index is 2.00. The lowest BCUT2D eigenvalue weighted by Crippen LogP contribution is -2.07. The van der Waals surface area contributed by atoms with Crippen LogP contribution >= 0.6 is 34.4 Å². The summed E-state index contributed by atoms with van der Waals surface area (Å²) in [5.41, 5.74) is 1.14. The number of hydrogen-bond acceptors (Lipinski definition) is 7. The van der Waals surface area contributed by atoms with Crippen LogP contribution in [-0.2, 0) is 9.53 Å². The van der Waals surface area contributed by atoms with E-state index in [4.69, 9.17) is 4.74 Å². The van der Waals surface area contributed by atoms with E-state index in [1.54, 1.807) is 22.7 Å². The molecule has 22 heavy (non-hydrogen) atoms. The summed E-state index contributed by atoms with van der Waals surface area (Å²) in [5.74, 6) is 0.766. The number of rotatable bonds is 5. The first kappa shape index (κ1) is 15.5. The summed E-state index contributed by atoms with van der Waals surface area (Å²) in [4.78, 5) is 22.8. The van der Waals surface area contributed by atoms with E-state index < -0.39 is 0 Å². The molecule has 0 N–H and O–H groups in total. The van der Waals surface area contributed by atoms with Crippen molar-refractivity contribution in [2.75, 3.05) is 12.4 Å². The topological polar surface area (TPSA) is 52.1 Å². The third kappa shape index (κ3) is 3.16. The fraction of sp³-hybridized carbons (Fsp3) is 0.267. The smallest absolute Gasteiger partial charge is 0.316 e. The molecule has 0 aliphatic carbocycles. The predicted molar refractivity (Wildman–Crippen MR) is 92.8 cm³/mol. The van der Waals surface area contributed by atoms with Crippen molar-refractivity contribution in [1.29, 1.82) is 0 Å². The van der Waals surface area contributed by atoms with E-state index in [1.165, 1.54) is 16.6 Å². The first-order chi connectivity index (χ1) is 10.7. The number of carbonyl (C=O) groups is 1. The van der Waals surface area contributed by atoms with Gasteiger partial charge in [-0.15, -0.1) is 22.7 Å². The van der Waals surface area contributed by atoms with Gasteiger partial charge in [0.25, 0.3) is 0 Å². The van der Waals surface area contributed by atoms with E-state index in [0.717, 1.165) is 26.6 Å². The molecule has 3 aromatic rings. The van der Waals surface area contributed by atoms with Gasteiger partial charge in [-0.1, -0.05) is 17.8 Å². The van der Waals surface area contributed by atoms with Gasteiger partial charge in [-0.25, -0.2) is 9.97 Å². The van der Waals surface area contributed by atoms with Gasteiger partial charge in [-0.3, -0.25) is 4.79 Å². The summed E-state index contributed by atoms with van der Waals surface area (Å²) in [6.45, 7) is 4.08. The van der Waals surface area contributed by atoms with Crippen molar-refractivity contribution >= 4 is 50.6 Å². The van der Waals surface area contributed by atoms with Gasteiger partial charge < -0.3 is 4.74 Å². The summed E-state index contributed by atoms with van der Waals surface area (Å²) >= 11 is 4.72. The average molecular weight is 350 g/mol. The highest BCUT2D eigenvalue weighted by atomic mass is 32.2. The van der Waals surface area contributed by atoms with Crippen LogP contribution in [0.4, 0.5) is 0 Å². The van der Waals surface area contributed by atoms with Crippen LogP contribution in [0, 0.1) is 6.92 Å². The molecule has 0 bridgehead atoms. The lowest BCUT2D eigenvalue weighted by atomic mass is 10.2.